The molecule has 1 saturated carbocycles. The van der Waals surface area contributed by atoms with Crippen LogP contribution >= 0.6 is 0 Å². The fraction of sp³-hybridized carbons (Fsp3) is 0.727. The second kappa shape index (κ2) is 4.23. The van der Waals surface area contributed by atoms with Crippen LogP contribution in [0.1, 0.15) is 32.7 Å². The molecule has 1 aromatic rings. The van der Waals surface area contributed by atoms with Crippen molar-refractivity contribution >= 4 is 5.69 Å². The van der Waals surface area contributed by atoms with E-state index in [1.54, 1.807) is 7.11 Å². The molecule has 0 aliphatic heterocycles. The van der Waals surface area contributed by atoms with Gasteiger partial charge in [-0.05, 0) is 26.7 Å². The van der Waals surface area contributed by atoms with E-state index in [0.717, 1.165) is 18.5 Å². The summed E-state index contributed by atoms with van der Waals surface area (Å²) in [6.45, 7) is 4.25. The van der Waals surface area contributed by atoms with Gasteiger partial charge in [0.2, 0.25) is 0 Å². The van der Waals surface area contributed by atoms with Gasteiger partial charge in [-0.1, -0.05) is 0 Å². The summed E-state index contributed by atoms with van der Waals surface area (Å²) in [6.07, 6.45) is 6.60. The van der Waals surface area contributed by atoms with E-state index >= 15 is 0 Å². The Morgan fingerprint density at radius 1 is 1.53 bits per heavy atom. The highest BCUT2D eigenvalue weighted by molar-refractivity contribution is 5.40. The largest absolute Gasteiger partial charge is 0.381 e. The fourth-order valence-corrected chi connectivity index (χ4v) is 1.81. The van der Waals surface area contributed by atoms with Crippen LogP contribution in [0.3, 0.4) is 0 Å². The van der Waals surface area contributed by atoms with Crippen LogP contribution in [0, 0.1) is 0 Å². The van der Waals surface area contributed by atoms with E-state index in [9.17, 15) is 0 Å². The second-order valence-electron chi connectivity index (χ2n) is 4.47. The van der Waals surface area contributed by atoms with Crippen LogP contribution in [0.15, 0.2) is 12.4 Å². The molecule has 0 spiro atoms. The third kappa shape index (κ3) is 2.31. The Balaban J connectivity index is 1.84. The number of ether oxygens (including phenoxy) is 1. The Bertz CT molecular complexity index is 315. The van der Waals surface area contributed by atoms with Crippen molar-refractivity contribution in [3.63, 3.8) is 0 Å². The van der Waals surface area contributed by atoms with Gasteiger partial charge in [0.05, 0.1) is 18.0 Å². The maximum atomic E-state index is 5.24. The van der Waals surface area contributed by atoms with Crippen LogP contribution in [0.4, 0.5) is 5.69 Å². The third-order valence-electron chi connectivity index (χ3n) is 2.93. The number of rotatable bonds is 4. The predicted molar refractivity (Wildman–Crippen MR) is 60.1 cm³/mol. The smallest absolute Gasteiger partial charge is 0.0728 e. The number of methoxy groups -OCH3 is 1. The molecule has 0 amide bonds. The Labute approximate surface area is 90.6 Å². The molecule has 1 fully saturated rings. The van der Waals surface area contributed by atoms with Gasteiger partial charge >= 0.3 is 0 Å². The summed E-state index contributed by atoms with van der Waals surface area (Å²) in [5, 5.41) is 7.74. The van der Waals surface area contributed by atoms with Crippen molar-refractivity contribution in [1.29, 1.82) is 0 Å². The van der Waals surface area contributed by atoms with E-state index in [-0.39, 0.29) is 0 Å². The second-order valence-corrected chi connectivity index (χ2v) is 4.47. The van der Waals surface area contributed by atoms with Gasteiger partial charge in [0.15, 0.2) is 0 Å². The summed E-state index contributed by atoms with van der Waals surface area (Å²) in [5.74, 6) is 0. The number of hydrogen-bond donors (Lipinski definition) is 1. The van der Waals surface area contributed by atoms with Gasteiger partial charge in [-0.3, -0.25) is 4.68 Å². The minimum absolute atomic E-state index is 0.425. The van der Waals surface area contributed by atoms with E-state index in [1.807, 2.05) is 10.9 Å². The van der Waals surface area contributed by atoms with Gasteiger partial charge in [-0.2, -0.15) is 5.10 Å². The molecule has 0 radical (unpaired) electrons. The molecule has 84 valence electrons. The van der Waals surface area contributed by atoms with Crippen molar-refractivity contribution in [2.75, 3.05) is 12.4 Å². The Morgan fingerprint density at radius 3 is 2.80 bits per heavy atom. The number of anilines is 1. The number of hydrogen-bond acceptors (Lipinski definition) is 3. The zero-order valence-corrected chi connectivity index (χ0v) is 9.60. The molecule has 0 bridgehead atoms. The lowest BCUT2D eigenvalue weighted by molar-refractivity contribution is 0.0329. The summed E-state index contributed by atoms with van der Waals surface area (Å²) in [5.41, 5.74) is 1.11. The normalized spacial score (nSPS) is 25.3. The highest BCUT2D eigenvalue weighted by Crippen LogP contribution is 2.26. The predicted octanol–water partition coefficient (Wildman–Crippen LogP) is 2.05. The van der Waals surface area contributed by atoms with E-state index in [0.29, 0.717) is 18.2 Å². The summed E-state index contributed by atoms with van der Waals surface area (Å²) < 4.78 is 7.20. The summed E-state index contributed by atoms with van der Waals surface area (Å²) in [7, 11) is 1.78. The highest BCUT2D eigenvalue weighted by atomic mass is 16.5. The van der Waals surface area contributed by atoms with Crippen molar-refractivity contribution in [1.82, 2.24) is 9.78 Å². The minimum Gasteiger partial charge on any atom is -0.381 e. The molecule has 0 aromatic carbocycles. The van der Waals surface area contributed by atoms with Crippen molar-refractivity contribution in [2.24, 2.45) is 0 Å². The molecular weight excluding hydrogens is 190 g/mol. The summed E-state index contributed by atoms with van der Waals surface area (Å²) in [4.78, 5) is 0. The number of aromatic nitrogens is 2. The van der Waals surface area contributed by atoms with Crippen molar-refractivity contribution < 1.29 is 4.74 Å². The molecule has 0 saturated heterocycles. The molecule has 2 rings (SSSR count). The topological polar surface area (TPSA) is 39.1 Å². The van der Waals surface area contributed by atoms with Gasteiger partial charge in [0.1, 0.15) is 0 Å². The maximum absolute atomic E-state index is 5.24. The van der Waals surface area contributed by atoms with Crippen molar-refractivity contribution in [3.8, 4) is 0 Å². The molecule has 0 atom stereocenters. The lowest BCUT2D eigenvalue weighted by Crippen LogP contribution is -2.40. The zero-order chi connectivity index (χ0) is 10.8. The van der Waals surface area contributed by atoms with Crippen LogP contribution in [0.2, 0.25) is 0 Å². The molecule has 15 heavy (non-hydrogen) atoms. The van der Waals surface area contributed by atoms with Crippen LogP contribution in [0.25, 0.3) is 0 Å². The first-order chi connectivity index (χ1) is 7.19. The minimum atomic E-state index is 0.425. The summed E-state index contributed by atoms with van der Waals surface area (Å²) >= 11 is 0. The third-order valence-corrected chi connectivity index (χ3v) is 2.93. The van der Waals surface area contributed by atoms with Gasteiger partial charge in [0.25, 0.3) is 0 Å². The van der Waals surface area contributed by atoms with Crippen LogP contribution < -0.4 is 5.32 Å². The Morgan fingerprint density at radius 2 is 2.27 bits per heavy atom. The molecule has 0 unspecified atom stereocenters. The van der Waals surface area contributed by atoms with Gasteiger partial charge in [0, 0.05) is 25.4 Å². The molecule has 1 aliphatic carbocycles. The average Bonchev–Trinajstić information content (AvgIpc) is 2.58. The van der Waals surface area contributed by atoms with Gasteiger partial charge in [-0.15, -0.1) is 0 Å². The van der Waals surface area contributed by atoms with Gasteiger partial charge in [-0.25, -0.2) is 0 Å². The van der Waals surface area contributed by atoms with E-state index < -0.39 is 0 Å². The molecular formula is C11H19N3O. The molecule has 1 aromatic heterocycles. The molecule has 1 aliphatic rings. The fourth-order valence-electron chi connectivity index (χ4n) is 1.81. The Kier molecular flexibility index (Phi) is 2.95. The van der Waals surface area contributed by atoms with E-state index in [1.165, 1.54) is 0 Å². The zero-order valence-electron chi connectivity index (χ0n) is 9.60. The molecule has 4 nitrogen and oxygen atoms in total. The van der Waals surface area contributed by atoms with E-state index in [4.69, 9.17) is 4.74 Å². The van der Waals surface area contributed by atoms with Crippen LogP contribution in [-0.2, 0) is 4.74 Å². The number of nitrogens with zero attached hydrogens (tertiary/aromatic N) is 2. The first-order valence-corrected chi connectivity index (χ1v) is 5.52. The molecule has 4 heteroatoms. The standard InChI is InChI=1S/C11H19N3O/c1-8(2)14-7-10(6-12-14)13-9-4-11(5-9)15-3/h6-9,11,13H,4-5H2,1-3H3. The van der Waals surface area contributed by atoms with Crippen LogP contribution in [0.5, 0.6) is 0 Å². The molecule has 1 heterocycles. The average molecular weight is 209 g/mol. The first-order valence-electron chi connectivity index (χ1n) is 5.52. The number of nitrogens with one attached hydrogen (secondary N) is 1. The quantitative estimate of drug-likeness (QED) is 0.825. The van der Waals surface area contributed by atoms with E-state index in [2.05, 4.69) is 30.5 Å². The van der Waals surface area contributed by atoms with Crippen LogP contribution in [-0.4, -0.2) is 29.0 Å². The molecule has 1 N–H and O–H groups in total. The SMILES string of the molecule is COC1CC(Nc2cnn(C(C)C)c2)C1. The Hall–Kier alpha value is -1.03. The lowest BCUT2D eigenvalue weighted by atomic mass is 9.89. The maximum Gasteiger partial charge on any atom is 0.0728 e. The van der Waals surface area contributed by atoms with Crippen molar-refractivity contribution in [3.05, 3.63) is 12.4 Å². The lowest BCUT2D eigenvalue weighted by Gasteiger charge is -2.34. The van der Waals surface area contributed by atoms with Crippen molar-refractivity contribution in [2.45, 2.75) is 44.9 Å². The van der Waals surface area contributed by atoms with Gasteiger partial charge < -0.3 is 10.1 Å². The summed E-state index contributed by atoms with van der Waals surface area (Å²) in [6, 6.07) is 0.980. The first kappa shape index (κ1) is 10.5. The highest BCUT2D eigenvalue weighted by Gasteiger charge is 2.28. The monoisotopic (exact) mass is 209 g/mol.